The molecule has 1 aliphatic rings. The van der Waals surface area contributed by atoms with Crippen molar-refractivity contribution in [2.75, 3.05) is 5.32 Å². The van der Waals surface area contributed by atoms with E-state index in [0.29, 0.717) is 29.1 Å². The second kappa shape index (κ2) is 6.09. The van der Waals surface area contributed by atoms with Crippen molar-refractivity contribution in [2.24, 2.45) is 0 Å². The van der Waals surface area contributed by atoms with E-state index in [-0.39, 0.29) is 11.5 Å². The van der Waals surface area contributed by atoms with Crippen LogP contribution in [0.3, 0.4) is 0 Å². The van der Waals surface area contributed by atoms with Gasteiger partial charge < -0.3 is 10.4 Å². The molecule has 0 heterocycles. The Balaban J connectivity index is 2.27. The molecule has 0 aromatic heterocycles. The first kappa shape index (κ1) is 14.6. The zero-order chi connectivity index (χ0) is 14.7. The molecule has 1 aliphatic carbocycles. The highest BCUT2D eigenvalue weighted by Gasteiger charge is 2.23. The van der Waals surface area contributed by atoms with Crippen LogP contribution < -0.4 is 5.32 Å². The van der Waals surface area contributed by atoms with Gasteiger partial charge in [0.2, 0.25) is 0 Å². The standard InChI is InChI=1S/C15H16ClNO3/c1-9-6-7-10(16)8-13(9)17-14(18)11-4-2-3-5-12(11)15(19)20/h6-8H,2-5H2,1H3,(H,17,18)(H,19,20). The van der Waals surface area contributed by atoms with E-state index in [1.165, 1.54) is 0 Å². The van der Waals surface area contributed by atoms with E-state index in [1.54, 1.807) is 12.1 Å². The Kier molecular flexibility index (Phi) is 4.45. The summed E-state index contributed by atoms with van der Waals surface area (Å²) in [5.41, 5.74) is 2.11. The summed E-state index contributed by atoms with van der Waals surface area (Å²) in [6.45, 7) is 1.86. The third kappa shape index (κ3) is 3.20. The fraction of sp³-hybridized carbons (Fsp3) is 0.333. The van der Waals surface area contributed by atoms with Crippen molar-refractivity contribution in [3.63, 3.8) is 0 Å². The van der Waals surface area contributed by atoms with Crippen molar-refractivity contribution in [1.29, 1.82) is 0 Å². The summed E-state index contributed by atoms with van der Waals surface area (Å²) in [7, 11) is 0. The summed E-state index contributed by atoms with van der Waals surface area (Å²) in [4.78, 5) is 23.5. The van der Waals surface area contributed by atoms with Gasteiger partial charge in [0.15, 0.2) is 0 Å². The van der Waals surface area contributed by atoms with Crippen LogP contribution in [0.25, 0.3) is 0 Å². The van der Waals surface area contributed by atoms with Crippen LogP contribution in [-0.4, -0.2) is 17.0 Å². The summed E-state index contributed by atoms with van der Waals surface area (Å²) in [6, 6.07) is 5.22. The molecule has 0 bridgehead atoms. The SMILES string of the molecule is Cc1ccc(Cl)cc1NC(=O)C1=C(C(=O)O)CCCC1. The molecule has 5 heteroatoms. The normalized spacial score (nSPS) is 15.1. The fourth-order valence-corrected chi connectivity index (χ4v) is 2.49. The highest BCUT2D eigenvalue weighted by Crippen LogP contribution is 2.27. The lowest BCUT2D eigenvalue weighted by atomic mass is 9.91. The number of hydrogen-bond donors (Lipinski definition) is 2. The zero-order valence-corrected chi connectivity index (χ0v) is 12.0. The monoisotopic (exact) mass is 293 g/mol. The number of benzene rings is 1. The molecule has 1 aromatic rings. The van der Waals surface area contributed by atoms with Gasteiger partial charge >= 0.3 is 5.97 Å². The van der Waals surface area contributed by atoms with Crippen molar-refractivity contribution < 1.29 is 14.7 Å². The number of nitrogens with one attached hydrogen (secondary N) is 1. The van der Waals surface area contributed by atoms with Gasteiger partial charge in [0, 0.05) is 21.9 Å². The number of rotatable bonds is 3. The van der Waals surface area contributed by atoms with E-state index in [1.807, 2.05) is 13.0 Å². The van der Waals surface area contributed by atoms with Crippen LogP contribution in [0.4, 0.5) is 5.69 Å². The fourth-order valence-electron chi connectivity index (χ4n) is 2.32. The molecule has 0 fully saturated rings. The van der Waals surface area contributed by atoms with Gasteiger partial charge in [0.1, 0.15) is 0 Å². The Bertz CT molecular complexity index is 593. The number of aryl methyl sites for hydroxylation is 1. The van der Waals surface area contributed by atoms with E-state index in [4.69, 9.17) is 16.7 Å². The molecule has 4 nitrogen and oxygen atoms in total. The molecule has 0 unspecified atom stereocenters. The molecule has 0 saturated heterocycles. The maximum absolute atomic E-state index is 12.3. The lowest BCUT2D eigenvalue weighted by Crippen LogP contribution is -2.21. The lowest BCUT2D eigenvalue weighted by molar-refractivity contribution is -0.133. The van der Waals surface area contributed by atoms with Crippen LogP contribution in [0.5, 0.6) is 0 Å². The van der Waals surface area contributed by atoms with E-state index >= 15 is 0 Å². The molecule has 1 amide bonds. The van der Waals surface area contributed by atoms with E-state index in [0.717, 1.165) is 18.4 Å². The Morgan fingerprint density at radius 3 is 2.50 bits per heavy atom. The molecular formula is C15H16ClNO3. The Hall–Kier alpha value is -1.81. The van der Waals surface area contributed by atoms with Gasteiger partial charge in [-0.15, -0.1) is 0 Å². The summed E-state index contributed by atoms with van der Waals surface area (Å²) >= 11 is 5.91. The molecule has 2 rings (SSSR count). The van der Waals surface area contributed by atoms with Crippen molar-refractivity contribution in [3.05, 3.63) is 39.9 Å². The van der Waals surface area contributed by atoms with Crippen LogP contribution in [0.1, 0.15) is 31.2 Å². The summed E-state index contributed by atoms with van der Waals surface area (Å²) in [5, 5.41) is 12.5. The predicted molar refractivity (Wildman–Crippen MR) is 77.9 cm³/mol. The van der Waals surface area contributed by atoms with E-state index in [9.17, 15) is 9.59 Å². The van der Waals surface area contributed by atoms with Crippen LogP contribution in [-0.2, 0) is 9.59 Å². The molecule has 20 heavy (non-hydrogen) atoms. The van der Waals surface area contributed by atoms with Crippen LogP contribution in [0.2, 0.25) is 5.02 Å². The number of aliphatic carboxylic acids is 1. The van der Waals surface area contributed by atoms with Crippen molar-refractivity contribution in [1.82, 2.24) is 0 Å². The molecule has 106 valence electrons. The van der Waals surface area contributed by atoms with Gasteiger partial charge in [-0.25, -0.2) is 4.79 Å². The van der Waals surface area contributed by atoms with Gasteiger partial charge in [-0.1, -0.05) is 17.7 Å². The maximum Gasteiger partial charge on any atom is 0.332 e. The van der Waals surface area contributed by atoms with Crippen molar-refractivity contribution in [2.45, 2.75) is 32.6 Å². The molecule has 0 atom stereocenters. The average Bonchev–Trinajstić information content (AvgIpc) is 2.42. The first-order chi connectivity index (χ1) is 9.49. The number of amides is 1. The van der Waals surface area contributed by atoms with Crippen LogP contribution in [0, 0.1) is 6.92 Å². The summed E-state index contributed by atoms with van der Waals surface area (Å²) < 4.78 is 0. The first-order valence-corrected chi connectivity index (χ1v) is 6.89. The molecule has 0 aliphatic heterocycles. The Morgan fingerprint density at radius 1 is 1.20 bits per heavy atom. The second-order valence-electron chi connectivity index (χ2n) is 4.88. The Labute approximate surface area is 122 Å². The Morgan fingerprint density at radius 2 is 1.85 bits per heavy atom. The molecule has 0 spiro atoms. The van der Waals surface area contributed by atoms with Crippen molar-refractivity contribution in [3.8, 4) is 0 Å². The number of carboxylic acid groups (broad SMARTS) is 1. The average molecular weight is 294 g/mol. The first-order valence-electron chi connectivity index (χ1n) is 6.52. The molecule has 1 aromatic carbocycles. The van der Waals surface area contributed by atoms with Gasteiger partial charge in [0.25, 0.3) is 5.91 Å². The zero-order valence-electron chi connectivity index (χ0n) is 11.2. The van der Waals surface area contributed by atoms with E-state index in [2.05, 4.69) is 5.32 Å². The molecular weight excluding hydrogens is 278 g/mol. The molecule has 0 saturated carbocycles. The third-order valence-corrected chi connectivity index (χ3v) is 3.68. The highest BCUT2D eigenvalue weighted by molar-refractivity contribution is 6.31. The van der Waals surface area contributed by atoms with Gasteiger partial charge in [-0.05, 0) is 50.3 Å². The number of hydrogen-bond acceptors (Lipinski definition) is 2. The largest absolute Gasteiger partial charge is 0.478 e. The van der Waals surface area contributed by atoms with Crippen molar-refractivity contribution >= 4 is 29.2 Å². The predicted octanol–water partition coefficient (Wildman–Crippen LogP) is 3.54. The summed E-state index contributed by atoms with van der Waals surface area (Å²) in [6.07, 6.45) is 2.61. The minimum atomic E-state index is -1.00. The van der Waals surface area contributed by atoms with Crippen LogP contribution >= 0.6 is 11.6 Å². The minimum Gasteiger partial charge on any atom is -0.478 e. The lowest BCUT2D eigenvalue weighted by Gasteiger charge is -2.18. The molecule has 2 N–H and O–H groups in total. The quantitative estimate of drug-likeness (QED) is 0.896. The maximum atomic E-state index is 12.3. The number of carbonyl (C=O) groups excluding carboxylic acids is 1. The van der Waals surface area contributed by atoms with Gasteiger partial charge in [-0.3, -0.25) is 4.79 Å². The number of halogens is 1. The molecule has 0 radical (unpaired) electrons. The number of carboxylic acids is 1. The van der Waals surface area contributed by atoms with Gasteiger partial charge in [0.05, 0.1) is 0 Å². The van der Waals surface area contributed by atoms with E-state index < -0.39 is 5.97 Å². The number of anilines is 1. The highest BCUT2D eigenvalue weighted by atomic mass is 35.5. The van der Waals surface area contributed by atoms with Gasteiger partial charge in [-0.2, -0.15) is 0 Å². The smallest absolute Gasteiger partial charge is 0.332 e. The summed E-state index contributed by atoms with van der Waals surface area (Å²) in [5.74, 6) is -1.34. The number of carbonyl (C=O) groups is 2. The minimum absolute atomic E-state index is 0.230. The second-order valence-corrected chi connectivity index (χ2v) is 5.32. The topological polar surface area (TPSA) is 66.4 Å². The third-order valence-electron chi connectivity index (χ3n) is 3.45. The van der Waals surface area contributed by atoms with Crippen LogP contribution in [0.15, 0.2) is 29.3 Å².